The summed E-state index contributed by atoms with van der Waals surface area (Å²) in [6, 6.07) is 0. The van der Waals surface area contributed by atoms with Crippen molar-refractivity contribution in [3.63, 3.8) is 0 Å². The average molecular weight is 526 g/mol. The van der Waals surface area contributed by atoms with Crippen molar-refractivity contribution in [3.8, 4) is 11.5 Å². The zero-order valence-corrected chi connectivity index (χ0v) is 21.2. The Kier molecular flexibility index (Phi) is 10.3. The van der Waals surface area contributed by atoms with Gasteiger partial charge < -0.3 is 34.2 Å². The van der Waals surface area contributed by atoms with Gasteiger partial charge in [-0.3, -0.25) is 14.2 Å². The maximum Gasteiger partial charge on any atom is 0.342 e. The third-order valence-electron chi connectivity index (χ3n) is 5.75. The first-order chi connectivity index (χ1) is 16.9. The fourth-order valence-electron chi connectivity index (χ4n) is 3.84. The van der Waals surface area contributed by atoms with Crippen molar-refractivity contribution in [1.29, 1.82) is 0 Å². The number of allylic oxidation sites excluding steroid dienone is 4. The van der Waals surface area contributed by atoms with Crippen LogP contribution in [-0.4, -0.2) is 58.0 Å². The maximum atomic E-state index is 12.0. The van der Waals surface area contributed by atoms with Gasteiger partial charge in [0.2, 0.25) is 0 Å². The minimum absolute atomic E-state index is 0.0626. The average Bonchev–Trinajstić information content (AvgIpc) is 3.18. The number of methoxy groups -OCH3 is 1. The molecule has 12 heteroatoms. The van der Waals surface area contributed by atoms with E-state index in [-0.39, 0.29) is 43.3 Å². The molecular weight excluding hydrogens is 495 g/mol. The number of hydrogen-bond acceptors (Lipinski definition) is 8. The summed E-state index contributed by atoms with van der Waals surface area (Å²) in [7, 11) is -2.55. The molecule has 0 fully saturated rings. The van der Waals surface area contributed by atoms with E-state index in [1.54, 1.807) is 19.9 Å². The number of aromatic hydroxyl groups is 1. The van der Waals surface area contributed by atoms with Gasteiger partial charge in [0, 0.05) is 11.1 Å². The van der Waals surface area contributed by atoms with Crippen molar-refractivity contribution < 1.29 is 53.2 Å². The van der Waals surface area contributed by atoms with Crippen LogP contribution >= 0.6 is 7.60 Å². The molecular formula is C24H31O11P. The van der Waals surface area contributed by atoms with Crippen molar-refractivity contribution in [2.75, 3.05) is 19.9 Å². The predicted molar refractivity (Wildman–Crippen MR) is 128 cm³/mol. The number of esters is 1. The fraction of sp³-hybridized carbons (Fsp3) is 0.458. The molecule has 1 heterocycles. The van der Waals surface area contributed by atoms with Gasteiger partial charge in [0.05, 0.1) is 32.2 Å². The van der Waals surface area contributed by atoms with Crippen LogP contribution in [0.2, 0.25) is 0 Å². The number of phenolic OH excluding ortho intramolecular Hbond substituents is 1. The number of benzene rings is 1. The van der Waals surface area contributed by atoms with E-state index in [9.17, 15) is 34.1 Å². The zero-order valence-electron chi connectivity index (χ0n) is 20.4. The highest BCUT2D eigenvalue weighted by atomic mass is 31.2. The Balaban J connectivity index is 2.05. The van der Waals surface area contributed by atoms with Crippen molar-refractivity contribution in [2.45, 2.75) is 46.1 Å². The maximum absolute atomic E-state index is 12.0. The summed E-state index contributed by atoms with van der Waals surface area (Å²) in [5, 5.41) is 28.8. The number of carbonyl (C=O) groups is 3. The van der Waals surface area contributed by atoms with E-state index in [1.165, 1.54) is 19.3 Å². The largest absolute Gasteiger partial charge is 0.507 e. The second-order valence-electron chi connectivity index (χ2n) is 8.41. The number of carbonyl (C=O) groups excluding carboxylic acids is 1. The molecule has 11 nitrogen and oxygen atoms in total. The van der Waals surface area contributed by atoms with Gasteiger partial charge in [-0.25, -0.2) is 4.79 Å². The molecule has 0 aromatic heterocycles. The Morgan fingerprint density at radius 2 is 1.94 bits per heavy atom. The van der Waals surface area contributed by atoms with Crippen LogP contribution in [0.5, 0.6) is 11.5 Å². The topological polar surface area (TPSA) is 177 Å². The fourth-order valence-corrected chi connectivity index (χ4v) is 4.74. The number of hydrogen-bond donors (Lipinski definition) is 4. The van der Waals surface area contributed by atoms with Crippen molar-refractivity contribution in [3.05, 3.63) is 46.1 Å². The monoisotopic (exact) mass is 526 g/mol. The lowest BCUT2D eigenvalue weighted by Gasteiger charge is -2.16. The molecule has 1 aromatic rings. The van der Waals surface area contributed by atoms with Gasteiger partial charge in [0.1, 0.15) is 23.7 Å². The molecule has 36 heavy (non-hydrogen) atoms. The van der Waals surface area contributed by atoms with Crippen LogP contribution in [0.15, 0.2) is 23.8 Å². The number of ether oxygens (including phenoxy) is 2. The van der Waals surface area contributed by atoms with E-state index < -0.39 is 44.4 Å². The van der Waals surface area contributed by atoms with E-state index in [0.717, 1.165) is 5.57 Å². The van der Waals surface area contributed by atoms with Crippen LogP contribution in [0.25, 0.3) is 0 Å². The summed E-state index contributed by atoms with van der Waals surface area (Å²) in [5.41, 5.74) is 2.52. The van der Waals surface area contributed by atoms with E-state index >= 15 is 0 Å². The van der Waals surface area contributed by atoms with Gasteiger partial charge >= 0.3 is 25.5 Å². The molecule has 4 N–H and O–H groups in total. The van der Waals surface area contributed by atoms with Crippen LogP contribution in [0, 0.1) is 12.8 Å². The van der Waals surface area contributed by atoms with E-state index in [2.05, 4.69) is 0 Å². The first-order valence-corrected chi connectivity index (χ1v) is 12.9. The molecule has 1 aromatic carbocycles. The molecule has 2 atom stereocenters. The molecule has 0 bridgehead atoms. The lowest BCUT2D eigenvalue weighted by atomic mass is 9.93. The molecule has 0 aliphatic carbocycles. The molecule has 0 saturated carbocycles. The molecule has 1 aliphatic rings. The van der Waals surface area contributed by atoms with Crippen LogP contribution in [-0.2, 0) is 36.4 Å². The predicted octanol–water partition coefficient (Wildman–Crippen LogP) is 3.58. The lowest BCUT2D eigenvalue weighted by molar-refractivity contribution is -0.141. The third kappa shape index (κ3) is 7.68. The van der Waals surface area contributed by atoms with Gasteiger partial charge in [-0.05, 0) is 38.7 Å². The highest BCUT2D eigenvalue weighted by Crippen LogP contribution is 2.43. The van der Waals surface area contributed by atoms with Crippen LogP contribution in [0.3, 0.4) is 0 Å². The Morgan fingerprint density at radius 3 is 2.56 bits per heavy atom. The summed E-state index contributed by atoms with van der Waals surface area (Å²) in [4.78, 5) is 43.9. The standard InChI is InChI=1S/C24H31O11P/c1-14(7-8-17-21(27)20-18(13-34-24(20)30)15(2)22(17)33-3)12-16(23(28)29)6-4-5-11-36(31,32)35-10-9-19(25)26/h4-5,7,16,27H,6,8-13H2,1-3H3,(H,25,26)(H,28,29)(H,31,32). The molecule has 198 valence electrons. The quantitative estimate of drug-likeness (QED) is 0.158. The Labute approximate surface area is 208 Å². The minimum atomic E-state index is -4.01. The van der Waals surface area contributed by atoms with Gasteiger partial charge in [-0.2, -0.15) is 0 Å². The zero-order chi connectivity index (χ0) is 27.0. The van der Waals surface area contributed by atoms with Crippen molar-refractivity contribution >= 4 is 25.5 Å². The summed E-state index contributed by atoms with van der Waals surface area (Å²) >= 11 is 0. The number of phenols is 1. The number of cyclic esters (lactones) is 1. The number of rotatable bonds is 14. The van der Waals surface area contributed by atoms with Crippen LogP contribution in [0.1, 0.15) is 53.2 Å². The number of carboxylic acids is 2. The normalized spacial score (nSPS) is 15.9. The highest BCUT2D eigenvalue weighted by molar-refractivity contribution is 7.53. The second-order valence-corrected chi connectivity index (χ2v) is 10.3. The first kappa shape index (κ1) is 29.1. The second kappa shape index (κ2) is 12.7. The van der Waals surface area contributed by atoms with Gasteiger partial charge in [-0.1, -0.05) is 23.8 Å². The van der Waals surface area contributed by atoms with E-state index in [0.29, 0.717) is 22.4 Å². The van der Waals surface area contributed by atoms with E-state index in [4.69, 9.17) is 19.1 Å². The van der Waals surface area contributed by atoms with Gasteiger partial charge in [0.25, 0.3) is 0 Å². The van der Waals surface area contributed by atoms with Gasteiger partial charge in [-0.15, -0.1) is 0 Å². The number of aliphatic carboxylic acids is 2. The molecule has 2 rings (SSSR count). The molecule has 0 radical (unpaired) electrons. The summed E-state index contributed by atoms with van der Waals surface area (Å²) in [5.74, 6) is -3.39. The van der Waals surface area contributed by atoms with Crippen molar-refractivity contribution in [2.24, 2.45) is 5.92 Å². The molecule has 0 saturated heterocycles. The molecule has 1 aliphatic heterocycles. The highest BCUT2D eigenvalue weighted by Gasteiger charge is 2.32. The van der Waals surface area contributed by atoms with Crippen molar-refractivity contribution in [1.82, 2.24) is 0 Å². The first-order valence-electron chi connectivity index (χ1n) is 11.2. The van der Waals surface area contributed by atoms with E-state index in [1.807, 2.05) is 0 Å². The molecule has 2 unspecified atom stereocenters. The Bertz CT molecular complexity index is 1120. The summed E-state index contributed by atoms with van der Waals surface area (Å²) in [6.07, 6.45) is 4.26. The SMILES string of the molecule is COc1c(C)c2c(c(O)c1CC=C(C)CC(CC=CCP(=O)(O)OCCC(=O)O)C(=O)O)C(=O)OC2. The summed E-state index contributed by atoms with van der Waals surface area (Å²) in [6.45, 7) is 3.18. The Morgan fingerprint density at radius 1 is 1.25 bits per heavy atom. The lowest BCUT2D eigenvalue weighted by Crippen LogP contribution is -2.13. The summed E-state index contributed by atoms with van der Waals surface area (Å²) < 4.78 is 27.1. The third-order valence-corrected chi connectivity index (χ3v) is 7.01. The molecule has 0 spiro atoms. The smallest absolute Gasteiger partial charge is 0.342 e. The Hall–Kier alpha value is -3.14. The number of fused-ring (bicyclic) bond motifs is 1. The number of carboxylic acid groups (broad SMARTS) is 2. The van der Waals surface area contributed by atoms with Crippen LogP contribution < -0.4 is 4.74 Å². The van der Waals surface area contributed by atoms with Crippen LogP contribution in [0.4, 0.5) is 0 Å². The van der Waals surface area contributed by atoms with Gasteiger partial charge in [0.15, 0.2) is 0 Å². The molecule has 0 amide bonds. The minimum Gasteiger partial charge on any atom is -0.507 e.